The second-order valence-corrected chi connectivity index (χ2v) is 5.26. The van der Waals surface area contributed by atoms with Crippen molar-refractivity contribution < 1.29 is 9.21 Å². The average Bonchev–Trinajstić information content (AvgIpc) is 2.68. The minimum atomic E-state index is -0.337. The normalized spacial score (nSPS) is 15.2. The molecule has 1 N–H and O–H groups in total. The van der Waals surface area contributed by atoms with Gasteiger partial charge in [-0.3, -0.25) is 9.36 Å². The van der Waals surface area contributed by atoms with E-state index in [0.29, 0.717) is 18.7 Å². The molecule has 3 rings (SSSR count). The minimum absolute atomic E-state index is 0.153. The summed E-state index contributed by atoms with van der Waals surface area (Å²) in [5, 5.41) is 2.93. The van der Waals surface area contributed by atoms with Crippen LogP contribution in [-0.4, -0.2) is 17.0 Å². The Morgan fingerprint density at radius 2 is 2.15 bits per heavy atom. The molecule has 0 aliphatic heterocycles. The first-order chi connectivity index (χ1) is 9.75. The van der Waals surface area contributed by atoms with E-state index < -0.39 is 0 Å². The lowest BCUT2D eigenvalue weighted by atomic mass is 9.85. The van der Waals surface area contributed by atoms with Crippen molar-refractivity contribution in [1.29, 1.82) is 0 Å². The smallest absolute Gasteiger partial charge is 0.408 e. The predicted octanol–water partition coefficient (Wildman–Crippen LogP) is 1.90. The summed E-state index contributed by atoms with van der Waals surface area (Å²) in [5.41, 5.74) is 1.42. The number of aryl methyl sites for hydroxylation is 1. The topological polar surface area (TPSA) is 64.2 Å². The molecule has 0 unspecified atom stereocenters. The third kappa shape index (κ3) is 2.48. The molecule has 0 spiro atoms. The Morgan fingerprint density at radius 3 is 2.90 bits per heavy atom. The monoisotopic (exact) mass is 274 g/mol. The van der Waals surface area contributed by atoms with Gasteiger partial charge in [0.1, 0.15) is 0 Å². The number of hydrogen-bond donors (Lipinski definition) is 1. The van der Waals surface area contributed by atoms with Gasteiger partial charge in [-0.25, -0.2) is 4.79 Å². The zero-order chi connectivity index (χ0) is 13.9. The van der Waals surface area contributed by atoms with Crippen LogP contribution in [0.2, 0.25) is 0 Å². The molecule has 106 valence electrons. The van der Waals surface area contributed by atoms with Crippen molar-refractivity contribution in [3.63, 3.8) is 0 Å². The van der Waals surface area contributed by atoms with Crippen LogP contribution in [0, 0.1) is 5.92 Å². The first-order valence-corrected chi connectivity index (χ1v) is 7.12. The number of rotatable bonds is 5. The van der Waals surface area contributed by atoms with Crippen molar-refractivity contribution in [2.75, 3.05) is 6.54 Å². The van der Waals surface area contributed by atoms with Gasteiger partial charge in [0.25, 0.3) is 0 Å². The number of oxazole rings is 1. The van der Waals surface area contributed by atoms with E-state index in [9.17, 15) is 9.59 Å². The molecule has 1 aromatic heterocycles. The van der Waals surface area contributed by atoms with Crippen molar-refractivity contribution in [1.82, 2.24) is 9.88 Å². The number of carbonyl (C=O) groups excluding carboxylic acids is 1. The van der Waals surface area contributed by atoms with Crippen molar-refractivity contribution in [2.45, 2.75) is 32.2 Å². The van der Waals surface area contributed by atoms with Crippen LogP contribution in [0.3, 0.4) is 0 Å². The van der Waals surface area contributed by atoms with Gasteiger partial charge >= 0.3 is 5.76 Å². The first-order valence-electron chi connectivity index (χ1n) is 7.12. The number of benzene rings is 1. The molecule has 0 radical (unpaired) electrons. The maximum absolute atomic E-state index is 11.7. The standard InChI is InChI=1S/C15H18N2O3/c18-14(11-5-3-6-11)16-9-4-10-17-12-7-1-2-8-13(12)20-15(17)19/h1-2,7-8,11H,3-6,9-10H2,(H,16,18). The van der Waals surface area contributed by atoms with E-state index in [1.54, 1.807) is 10.6 Å². The number of fused-ring (bicyclic) bond motifs is 1. The Bertz CT molecular complexity index is 667. The van der Waals surface area contributed by atoms with Gasteiger partial charge in [0.15, 0.2) is 5.58 Å². The largest absolute Gasteiger partial charge is 0.419 e. The maximum Gasteiger partial charge on any atom is 0.419 e. The van der Waals surface area contributed by atoms with Crippen molar-refractivity contribution in [3.8, 4) is 0 Å². The number of para-hydroxylation sites is 2. The fourth-order valence-electron chi connectivity index (χ4n) is 2.49. The summed E-state index contributed by atoms with van der Waals surface area (Å²) in [6, 6.07) is 7.37. The molecule has 1 amide bonds. The van der Waals surface area contributed by atoms with Crippen LogP contribution in [0.25, 0.3) is 11.1 Å². The van der Waals surface area contributed by atoms with Crippen LogP contribution in [-0.2, 0) is 11.3 Å². The van der Waals surface area contributed by atoms with Gasteiger partial charge in [-0.15, -0.1) is 0 Å². The molecule has 5 heteroatoms. The molecule has 1 saturated carbocycles. The Hall–Kier alpha value is -2.04. The van der Waals surface area contributed by atoms with E-state index >= 15 is 0 Å². The predicted molar refractivity (Wildman–Crippen MR) is 75.4 cm³/mol. The average molecular weight is 274 g/mol. The van der Waals surface area contributed by atoms with Gasteiger partial charge < -0.3 is 9.73 Å². The van der Waals surface area contributed by atoms with E-state index in [2.05, 4.69) is 5.32 Å². The highest BCUT2D eigenvalue weighted by Crippen LogP contribution is 2.26. The Balaban J connectivity index is 1.56. The SMILES string of the molecule is O=C(NCCCn1c(=O)oc2ccccc21)C1CCC1. The fourth-order valence-corrected chi connectivity index (χ4v) is 2.49. The molecule has 5 nitrogen and oxygen atoms in total. The molecule has 1 aliphatic rings. The molecular formula is C15H18N2O3. The molecule has 1 heterocycles. The van der Waals surface area contributed by atoms with E-state index in [1.165, 1.54) is 0 Å². The summed E-state index contributed by atoms with van der Waals surface area (Å²) >= 11 is 0. The number of aromatic nitrogens is 1. The van der Waals surface area contributed by atoms with Crippen LogP contribution in [0.4, 0.5) is 0 Å². The molecule has 1 fully saturated rings. The highest BCUT2D eigenvalue weighted by Gasteiger charge is 2.24. The fraction of sp³-hybridized carbons (Fsp3) is 0.467. The molecule has 1 aliphatic carbocycles. The third-order valence-corrected chi connectivity index (χ3v) is 3.91. The summed E-state index contributed by atoms with van der Waals surface area (Å²) in [6.07, 6.45) is 3.91. The van der Waals surface area contributed by atoms with Crippen molar-refractivity contribution in [3.05, 3.63) is 34.8 Å². The van der Waals surface area contributed by atoms with E-state index in [0.717, 1.165) is 31.2 Å². The lowest BCUT2D eigenvalue weighted by Crippen LogP contribution is -2.35. The minimum Gasteiger partial charge on any atom is -0.408 e. The van der Waals surface area contributed by atoms with E-state index in [1.807, 2.05) is 18.2 Å². The maximum atomic E-state index is 11.7. The molecule has 0 atom stereocenters. The summed E-state index contributed by atoms with van der Waals surface area (Å²) in [4.78, 5) is 23.4. The van der Waals surface area contributed by atoms with Gasteiger partial charge in [0.2, 0.25) is 5.91 Å². The number of hydrogen-bond acceptors (Lipinski definition) is 3. The van der Waals surface area contributed by atoms with E-state index in [4.69, 9.17) is 4.42 Å². The molecular weight excluding hydrogens is 256 g/mol. The quantitative estimate of drug-likeness (QED) is 0.847. The highest BCUT2D eigenvalue weighted by atomic mass is 16.4. The second-order valence-electron chi connectivity index (χ2n) is 5.26. The molecule has 20 heavy (non-hydrogen) atoms. The summed E-state index contributed by atoms with van der Waals surface area (Å²) in [7, 11) is 0. The van der Waals surface area contributed by atoms with Crippen LogP contribution in [0.5, 0.6) is 0 Å². The highest BCUT2D eigenvalue weighted by molar-refractivity contribution is 5.79. The van der Waals surface area contributed by atoms with Crippen molar-refractivity contribution >= 4 is 17.0 Å². The Labute approximate surface area is 116 Å². The molecule has 1 aromatic carbocycles. The summed E-state index contributed by atoms with van der Waals surface area (Å²) in [5.74, 6) is 0.0321. The molecule has 2 aromatic rings. The first kappa shape index (κ1) is 13.0. The van der Waals surface area contributed by atoms with Gasteiger partial charge in [0.05, 0.1) is 5.52 Å². The molecule has 0 bridgehead atoms. The number of nitrogens with one attached hydrogen (secondary N) is 1. The lowest BCUT2D eigenvalue weighted by molar-refractivity contribution is -0.127. The third-order valence-electron chi connectivity index (χ3n) is 3.91. The van der Waals surface area contributed by atoms with E-state index in [-0.39, 0.29) is 17.6 Å². The van der Waals surface area contributed by atoms with Gasteiger partial charge in [-0.1, -0.05) is 18.6 Å². The van der Waals surface area contributed by atoms with Crippen molar-refractivity contribution in [2.24, 2.45) is 5.92 Å². The summed E-state index contributed by atoms with van der Waals surface area (Å²) < 4.78 is 6.78. The van der Waals surface area contributed by atoms with Crippen LogP contribution < -0.4 is 11.1 Å². The zero-order valence-corrected chi connectivity index (χ0v) is 11.3. The summed E-state index contributed by atoms with van der Waals surface area (Å²) in [6.45, 7) is 1.15. The number of nitrogens with zero attached hydrogens (tertiary/aromatic N) is 1. The van der Waals surface area contributed by atoms with Crippen LogP contribution in [0.15, 0.2) is 33.5 Å². The van der Waals surface area contributed by atoms with Crippen LogP contribution >= 0.6 is 0 Å². The number of amides is 1. The van der Waals surface area contributed by atoms with Gasteiger partial charge in [-0.05, 0) is 31.4 Å². The number of carbonyl (C=O) groups is 1. The van der Waals surface area contributed by atoms with Gasteiger partial charge in [-0.2, -0.15) is 0 Å². The Morgan fingerprint density at radius 1 is 1.35 bits per heavy atom. The zero-order valence-electron chi connectivity index (χ0n) is 11.3. The second kappa shape index (κ2) is 5.53. The Kier molecular flexibility index (Phi) is 3.58. The lowest BCUT2D eigenvalue weighted by Gasteiger charge is -2.23. The van der Waals surface area contributed by atoms with Crippen LogP contribution in [0.1, 0.15) is 25.7 Å². The van der Waals surface area contributed by atoms with Gasteiger partial charge in [0, 0.05) is 19.0 Å². The molecule has 0 saturated heterocycles.